The van der Waals surface area contributed by atoms with Crippen LogP contribution < -0.4 is 5.43 Å². The number of benzene rings is 1. The maximum atomic E-state index is 4.27. The van der Waals surface area contributed by atoms with Gasteiger partial charge in [0.2, 0.25) is 0 Å². The summed E-state index contributed by atoms with van der Waals surface area (Å²) in [5.41, 5.74) is 7.72. The summed E-state index contributed by atoms with van der Waals surface area (Å²) in [4.78, 5) is 0. The van der Waals surface area contributed by atoms with Crippen LogP contribution in [0.4, 0.5) is 5.69 Å². The summed E-state index contributed by atoms with van der Waals surface area (Å²) < 4.78 is 2.28. The molecular weight excluding hydrogens is 222 g/mol. The van der Waals surface area contributed by atoms with Gasteiger partial charge in [-0.25, -0.2) is 0 Å². The van der Waals surface area contributed by atoms with Crippen molar-refractivity contribution in [2.75, 3.05) is 5.43 Å². The Morgan fingerprint density at radius 2 is 1.94 bits per heavy atom. The zero-order chi connectivity index (χ0) is 13.0. The second-order valence-electron chi connectivity index (χ2n) is 4.31. The summed E-state index contributed by atoms with van der Waals surface area (Å²) >= 11 is 0. The van der Waals surface area contributed by atoms with Crippen LogP contribution >= 0.6 is 0 Å². The number of aryl methyl sites for hydroxylation is 1. The summed E-state index contributed by atoms with van der Waals surface area (Å²) in [5.74, 6) is 0. The Labute approximate surface area is 108 Å². The molecule has 0 fully saturated rings. The molecule has 0 aliphatic heterocycles. The van der Waals surface area contributed by atoms with Crippen molar-refractivity contribution in [3.05, 3.63) is 53.3 Å². The number of nitrogens with zero attached hydrogens (tertiary/aromatic N) is 2. The number of nitrogens with one attached hydrogen (secondary N) is 1. The molecule has 0 aliphatic rings. The van der Waals surface area contributed by atoms with Gasteiger partial charge in [0, 0.05) is 23.5 Å². The largest absolute Gasteiger partial charge is 0.349 e. The number of para-hydroxylation sites is 1. The second-order valence-corrected chi connectivity index (χ2v) is 4.31. The zero-order valence-corrected chi connectivity index (χ0v) is 11.1. The maximum absolute atomic E-state index is 4.27. The molecule has 0 atom stereocenters. The molecule has 0 radical (unpaired) electrons. The number of hydrogen-bond acceptors (Lipinski definition) is 2. The molecule has 1 aromatic carbocycles. The van der Waals surface area contributed by atoms with E-state index in [1.54, 1.807) is 0 Å². The molecule has 1 heterocycles. The highest BCUT2D eigenvalue weighted by atomic mass is 15.3. The van der Waals surface area contributed by atoms with Crippen LogP contribution in [0.25, 0.3) is 0 Å². The van der Waals surface area contributed by atoms with Gasteiger partial charge in [-0.05, 0) is 39.0 Å². The van der Waals surface area contributed by atoms with Gasteiger partial charge in [0.1, 0.15) is 0 Å². The molecule has 3 heteroatoms. The van der Waals surface area contributed by atoms with E-state index in [1.807, 2.05) is 36.5 Å². The van der Waals surface area contributed by atoms with Crippen molar-refractivity contribution in [1.82, 2.24) is 4.57 Å². The minimum absolute atomic E-state index is 0.998. The van der Waals surface area contributed by atoms with Gasteiger partial charge in [0.25, 0.3) is 0 Å². The van der Waals surface area contributed by atoms with Crippen LogP contribution in [0.1, 0.15) is 23.9 Å². The van der Waals surface area contributed by atoms with E-state index < -0.39 is 0 Å². The van der Waals surface area contributed by atoms with Gasteiger partial charge in [-0.2, -0.15) is 5.10 Å². The van der Waals surface area contributed by atoms with Crippen molar-refractivity contribution in [2.24, 2.45) is 5.10 Å². The average molecular weight is 241 g/mol. The van der Waals surface area contributed by atoms with Crippen molar-refractivity contribution in [1.29, 1.82) is 0 Å². The number of hydrogen-bond donors (Lipinski definition) is 1. The van der Waals surface area contributed by atoms with Gasteiger partial charge >= 0.3 is 0 Å². The Morgan fingerprint density at radius 1 is 1.22 bits per heavy atom. The van der Waals surface area contributed by atoms with E-state index in [9.17, 15) is 0 Å². The molecule has 0 amide bonds. The van der Waals surface area contributed by atoms with Gasteiger partial charge in [-0.3, -0.25) is 5.43 Å². The summed E-state index contributed by atoms with van der Waals surface area (Å²) in [6.07, 6.45) is 1.88. The third kappa shape index (κ3) is 2.62. The van der Waals surface area contributed by atoms with Crippen LogP contribution in [0.15, 0.2) is 41.5 Å². The Morgan fingerprint density at radius 3 is 2.56 bits per heavy atom. The summed E-state index contributed by atoms with van der Waals surface area (Å²) in [5, 5.41) is 4.27. The number of hydrazone groups is 1. The number of rotatable bonds is 4. The topological polar surface area (TPSA) is 29.3 Å². The molecule has 0 spiro atoms. The average Bonchev–Trinajstić information content (AvgIpc) is 2.65. The normalized spacial score (nSPS) is 11.1. The molecule has 0 saturated carbocycles. The summed E-state index contributed by atoms with van der Waals surface area (Å²) in [6, 6.07) is 12.1. The first-order valence-corrected chi connectivity index (χ1v) is 6.23. The lowest BCUT2D eigenvalue weighted by atomic mass is 10.3. The minimum atomic E-state index is 0.998. The molecular formula is C15H19N3. The molecule has 2 aromatic rings. The highest BCUT2D eigenvalue weighted by Gasteiger charge is 2.04. The lowest BCUT2D eigenvalue weighted by Crippen LogP contribution is -1.99. The zero-order valence-electron chi connectivity index (χ0n) is 11.1. The third-order valence-electron chi connectivity index (χ3n) is 3.10. The van der Waals surface area contributed by atoms with Crippen LogP contribution in [0.2, 0.25) is 0 Å². The van der Waals surface area contributed by atoms with E-state index in [1.165, 1.54) is 11.4 Å². The van der Waals surface area contributed by atoms with Gasteiger partial charge < -0.3 is 4.57 Å². The van der Waals surface area contributed by atoms with E-state index in [2.05, 4.69) is 41.9 Å². The van der Waals surface area contributed by atoms with Crippen molar-refractivity contribution >= 4 is 11.9 Å². The van der Waals surface area contributed by atoms with E-state index in [0.717, 1.165) is 17.8 Å². The standard InChI is InChI=1S/C15H19N3/c1-4-18-12(2)10-14(13(18)3)11-16-17-15-8-6-5-7-9-15/h5-11,17H,4H2,1-3H3/b16-11-. The molecule has 0 bridgehead atoms. The molecule has 3 nitrogen and oxygen atoms in total. The Hall–Kier alpha value is -2.03. The van der Waals surface area contributed by atoms with Gasteiger partial charge in [-0.15, -0.1) is 0 Å². The first-order valence-electron chi connectivity index (χ1n) is 6.23. The van der Waals surface area contributed by atoms with Crippen molar-refractivity contribution in [3.63, 3.8) is 0 Å². The fourth-order valence-corrected chi connectivity index (χ4v) is 2.13. The summed E-state index contributed by atoms with van der Waals surface area (Å²) in [7, 11) is 0. The fourth-order valence-electron chi connectivity index (χ4n) is 2.13. The highest BCUT2D eigenvalue weighted by molar-refractivity contribution is 5.82. The highest BCUT2D eigenvalue weighted by Crippen LogP contribution is 2.13. The minimum Gasteiger partial charge on any atom is -0.349 e. The van der Waals surface area contributed by atoms with Crippen LogP contribution in [0.5, 0.6) is 0 Å². The van der Waals surface area contributed by atoms with Crippen LogP contribution in [-0.2, 0) is 6.54 Å². The lowest BCUT2D eigenvalue weighted by molar-refractivity contribution is 0.718. The molecule has 94 valence electrons. The Kier molecular flexibility index (Phi) is 3.82. The molecule has 1 N–H and O–H groups in total. The van der Waals surface area contributed by atoms with Crippen LogP contribution in [-0.4, -0.2) is 10.8 Å². The van der Waals surface area contributed by atoms with E-state index in [4.69, 9.17) is 0 Å². The molecule has 0 aliphatic carbocycles. The first kappa shape index (κ1) is 12.4. The molecule has 2 rings (SSSR count). The monoisotopic (exact) mass is 241 g/mol. The second kappa shape index (κ2) is 5.54. The van der Waals surface area contributed by atoms with Gasteiger partial charge in [0.15, 0.2) is 0 Å². The molecule has 0 saturated heterocycles. The predicted octanol–water partition coefficient (Wildman–Crippen LogP) is 3.57. The number of aromatic nitrogens is 1. The van der Waals surface area contributed by atoms with Crippen LogP contribution in [0, 0.1) is 13.8 Å². The van der Waals surface area contributed by atoms with Gasteiger partial charge in [0.05, 0.1) is 11.9 Å². The van der Waals surface area contributed by atoms with E-state index >= 15 is 0 Å². The quantitative estimate of drug-likeness (QED) is 0.643. The maximum Gasteiger partial charge on any atom is 0.0562 e. The molecule has 0 unspecified atom stereocenters. The smallest absolute Gasteiger partial charge is 0.0562 e. The SMILES string of the molecule is CCn1c(C)cc(/C=N\Nc2ccccc2)c1C. The Bertz CT molecular complexity index is 538. The summed E-state index contributed by atoms with van der Waals surface area (Å²) in [6.45, 7) is 7.40. The lowest BCUT2D eigenvalue weighted by Gasteiger charge is -2.04. The van der Waals surface area contributed by atoms with E-state index in [0.29, 0.717) is 0 Å². The predicted molar refractivity (Wildman–Crippen MR) is 77.2 cm³/mol. The number of anilines is 1. The van der Waals surface area contributed by atoms with Crippen molar-refractivity contribution in [2.45, 2.75) is 27.3 Å². The van der Waals surface area contributed by atoms with Crippen molar-refractivity contribution < 1.29 is 0 Å². The van der Waals surface area contributed by atoms with Crippen LogP contribution in [0.3, 0.4) is 0 Å². The molecule has 1 aromatic heterocycles. The first-order chi connectivity index (χ1) is 8.72. The fraction of sp³-hybridized carbons (Fsp3) is 0.267. The Balaban J connectivity index is 2.10. The van der Waals surface area contributed by atoms with Crippen molar-refractivity contribution in [3.8, 4) is 0 Å². The van der Waals surface area contributed by atoms with E-state index in [-0.39, 0.29) is 0 Å². The van der Waals surface area contributed by atoms with Gasteiger partial charge in [-0.1, -0.05) is 18.2 Å². The third-order valence-corrected chi connectivity index (χ3v) is 3.10. The molecule has 18 heavy (non-hydrogen) atoms.